The van der Waals surface area contributed by atoms with Crippen molar-refractivity contribution >= 4 is 17.5 Å². The molecule has 172 valence electrons. The molecule has 1 fully saturated rings. The minimum absolute atomic E-state index is 0.0592. The first kappa shape index (κ1) is 23.7. The van der Waals surface area contributed by atoms with Crippen LogP contribution in [0.5, 0.6) is 0 Å². The van der Waals surface area contributed by atoms with Crippen molar-refractivity contribution in [1.82, 2.24) is 14.9 Å². The molecule has 3 heterocycles. The number of halogens is 3. The van der Waals surface area contributed by atoms with E-state index in [0.29, 0.717) is 13.0 Å². The number of carbonyl (C=O) groups excluding carboxylic acids is 2. The van der Waals surface area contributed by atoms with E-state index < -0.39 is 17.9 Å². The first-order valence-corrected chi connectivity index (χ1v) is 10.6. The van der Waals surface area contributed by atoms with Crippen molar-refractivity contribution in [3.63, 3.8) is 0 Å². The molecule has 0 spiro atoms. The monoisotopic (exact) mass is 448 g/mol. The van der Waals surface area contributed by atoms with Crippen LogP contribution < -0.4 is 4.90 Å². The Hall–Kier alpha value is -2.97. The number of carbonyl (C=O) groups is 2. The summed E-state index contributed by atoms with van der Waals surface area (Å²) >= 11 is 0. The molecule has 0 radical (unpaired) electrons. The van der Waals surface area contributed by atoms with E-state index in [1.165, 1.54) is 15.9 Å². The van der Waals surface area contributed by atoms with Crippen molar-refractivity contribution < 1.29 is 22.8 Å². The van der Waals surface area contributed by atoms with E-state index in [-0.39, 0.29) is 36.4 Å². The number of alkyl halides is 3. The van der Waals surface area contributed by atoms with E-state index >= 15 is 0 Å². The van der Waals surface area contributed by atoms with Gasteiger partial charge in [-0.1, -0.05) is 26.8 Å². The predicted molar refractivity (Wildman–Crippen MR) is 114 cm³/mol. The van der Waals surface area contributed by atoms with Crippen molar-refractivity contribution in [3.05, 3.63) is 53.6 Å². The van der Waals surface area contributed by atoms with Crippen molar-refractivity contribution in [2.24, 2.45) is 5.92 Å². The Labute approximate surface area is 185 Å². The molecule has 2 amide bonds. The smallest absolute Gasteiger partial charge is 0.312 e. The summed E-state index contributed by atoms with van der Waals surface area (Å²) in [6, 6.07) is 5.23. The van der Waals surface area contributed by atoms with Crippen LogP contribution in [0.25, 0.3) is 0 Å². The number of aryl methyl sites for hydroxylation is 1. The lowest BCUT2D eigenvalue weighted by atomic mass is 10.0. The number of aromatic nitrogens is 2. The molecule has 0 unspecified atom stereocenters. The topological polar surface area (TPSA) is 66.4 Å². The Morgan fingerprint density at radius 1 is 1.16 bits per heavy atom. The largest absolute Gasteiger partial charge is 0.433 e. The van der Waals surface area contributed by atoms with Crippen molar-refractivity contribution in [3.8, 4) is 0 Å². The fourth-order valence-electron chi connectivity index (χ4n) is 3.81. The predicted octanol–water partition coefficient (Wildman–Crippen LogP) is 4.53. The molecule has 1 saturated heterocycles. The van der Waals surface area contributed by atoms with E-state index in [1.54, 1.807) is 6.20 Å². The third kappa shape index (κ3) is 5.63. The first-order chi connectivity index (χ1) is 15.1. The molecular formula is C23H27F3N4O2. The molecule has 0 bridgehead atoms. The molecular weight excluding hydrogens is 421 g/mol. The van der Waals surface area contributed by atoms with Crippen LogP contribution in [0.3, 0.4) is 0 Å². The Kier molecular flexibility index (Phi) is 7.16. The highest BCUT2D eigenvalue weighted by molar-refractivity contribution is 5.97. The lowest BCUT2D eigenvalue weighted by molar-refractivity contribution is -0.141. The summed E-state index contributed by atoms with van der Waals surface area (Å²) in [6.45, 7) is 6.28. The zero-order chi connectivity index (χ0) is 23.5. The molecule has 0 aliphatic carbocycles. The highest BCUT2D eigenvalue weighted by Crippen LogP contribution is 2.31. The lowest BCUT2D eigenvalue weighted by Gasteiger charge is -2.23. The van der Waals surface area contributed by atoms with Crippen LogP contribution in [-0.4, -0.2) is 45.8 Å². The number of hydrogen-bond donors (Lipinski definition) is 0. The zero-order valence-electron chi connectivity index (χ0n) is 18.4. The van der Waals surface area contributed by atoms with Gasteiger partial charge in [0.15, 0.2) is 5.78 Å². The first-order valence-electron chi connectivity index (χ1n) is 10.6. The van der Waals surface area contributed by atoms with Gasteiger partial charge in [0.1, 0.15) is 5.69 Å². The van der Waals surface area contributed by atoms with Gasteiger partial charge in [0, 0.05) is 24.9 Å². The molecule has 1 atom stereocenters. The number of pyridine rings is 2. The third-order valence-corrected chi connectivity index (χ3v) is 5.40. The highest BCUT2D eigenvalue weighted by atomic mass is 19.4. The van der Waals surface area contributed by atoms with Gasteiger partial charge in [0.25, 0.3) is 0 Å². The second-order valence-electron chi connectivity index (χ2n) is 8.43. The average Bonchev–Trinajstić information content (AvgIpc) is 3.03. The summed E-state index contributed by atoms with van der Waals surface area (Å²) in [4.78, 5) is 36.5. The second kappa shape index (κ2) is 9.67. The van der Waals surface area contributed by atoms with Crippen molar-refractivity contribution in [2.45, 2.75) is 52.3 Å². The summed E-state index contributed by atoms with van der Waals surface area (Å²) in [5.74, 6) is 0.160. The van der Waals surface area contributed by atoms with Gasteiger partial charge in [-0.3, -0.25) is 14.7 Å². The molecule has 6 nitrogen and oxygen atoms in total. The van der Waals surface area contributed by atoms with Gasteiger partial charge < -0.3 is 4.90 Å². The Bertz CT molecular complexity index is 943. The van der Waals surface area contributed by atoms with Crippen LogP contribution in [-0.2, 0) is 23.8 Å². The van der Waals surface area contributed by atoms with Gasteiger partial charge in [-0.2, -0.15) is 13.2 Å². The Morgan fingerprint density at radius 3 is 2.44 bits per heavy atom. The molecule has 0 N–H and O–H groups in total. The minimum atomic E-state index is -4.55. The molecule has 32 heavy (non-hydrogen) atoms. The molecule has 2 aromatic rings. The van der Waals surface area contributed by atoms with Crippen LogP contribution in [0.15, 0.2) is 36.7 Å². The summed E-state index contributed by atoms with van der Waals surface area (Å²) in [7, 11) is 0. The van der Waals surface area contributed by atoms with Crippen LogP contribution >= 0.6 is 0 Å². The van der Waals surface area contributed by atoms with E-state index in [4.69, 9.17) is 0 Å². The SMILES string of the molecule is CCc1ccc(CC(=O)CN2C(=O)N(c3ccc(C(F)(F)F)nc3)C[C@@H]2CC(C)C)cn1. The van der Waals surface area contributed by atoms with E-state index in [0.717, 1.165) is 29.9 Å². The molecule has 0 aromatic carbocycles. The molecule has 9 heteroatoms. The Balaban J connectivity index is 1.74. The van der Waals surface area contributed by atoms with Gasteiger partial charge in [-0.15, -0.1) is 0 Å². The van der Waals surface area contributed by atoms with Crippen LogP contribution in [0.1, 0.15) is 44.1 Å². The number of ketones is 1. The van der Waals surface area contributed by atoms with E-state index in [1.807, 2.05) is 32.9 Å². The fourth-order valence-corrected chi connectivity index (χ4v) is 3.81. The molecule has 0 saturated carbocycles. The van der Waals surface area contributed by atoms with Crippen LogP contribution in [0, 0.1) is 5.92 Å². The maximum atomic E-state index is 13.1. The normalized spacial score (nSPS) is 16.8. The molecule has 1 aliphatic heterocycles. The second-order valence-corrected chi connectivity index (χ2v) is 8.43. The van der Waals surface area contributed by atoms with Gasteiger partial charge in [0.05, 0.1) is 24.5 Å². The number of urea groups is 1. The maximum Gasteiger partial charge on any atom is 0.433 e. The fraction of sp³-hybridized carbons (Fsp3) is 0.478. The zero-order valence-corrected chi connectivity index (χ0v) is 18.4. The highest BCUT2D eigenvalue weighted by Gasteiger charge is 2.39. The van der Waals surface area contributed by atoms with Gasteiger partial charge in [0.2, 0.25) is 0 Å². The van der Waals surface area contributed by atoms with Crippen molar-refractivity contribution in [1.29, 1.82) is 0 Å². The third-order valence-electron chi connectivity index (χ3n) is 5.40. The van der Waals surface area contributed by atoms with Crippen LogP contribution in [0.2, 0.25) is 0 Å². The number of amides is 2. The number of rotatable bonds is 8. The van der Waals surface area contributed by atoms with Gasteiger partial charge in [-0.25, -0.2) is 9.78 Å². The standard InChI is InChI=1S/C23H27F3N4O2/c1-4-17-6-5-16(11-27-17)10-20(31)14-30-19(9-15(2)3)13-29(22(30)32)18-7-8-21(28-12-18)23(24,25)26/h5-8,11-12,15,19H,4,9-10,13-14H2,1-3H3/t19-/m0/s1. The van der Waals surface area contributed by atoms with Gasteiger partial charge in [-0.05, 0) is 42.5 Å². The lowest BCUT2D eigenvalue weighted by Crippen LogP contribution is -2.40. The van der Waals surface area contributed by atoms with E-state index in [9.17, 15) is 22.8 Å². The molecule has 1 aliphatic rings. The van der Waals surface area contributed by atoms with Gasteiger partial charge >= 0.3 is 12.2 Å². The summed E-state index contributed by atoms with van der Waals surface area (Å²) in [6.07, 6.45) is -0.167. The average molecular weight is 448 g/mol. The summed E-state index contributed by atoms with van der Waals surface area (Å²) < 4.78 is 38.4. The van der Waals surface area contributed by atoms with Crippen molar-refractivity contribution in [2.75, 3.05) is 18.0 Å². The maximum absolute atomic E-state index is 13.1. The molecule has 2 aromatic heterocycles. The number of anilines is 1. The minimum Gasteiger partial charge on any atom is -0.312 e. The summed E-state index contributed by atoms with van der Waals surface area (Å²) in [5, 5.41) is 0. The van der Waals surface area contributed by atoms with E-state index in [2.05, 4.69) is 9.97 Å². The quantitative estimate of drug-likeness (QED) is 0.595. The number of Topliss-reactive ketones (excluding diaryl/α,β-unsaturated/α-hetero) is 1. The molecule has 3 rings (SSSR count). The van der Waals surface area contributed by atoms with Crippen LogP contribution in [0.4, 0.5) is 23.7 Å². The number of hydrogen-bond acceptors (Lipinski definition) is 4. The summed E-state index contributed by atoms with van der Waals surface area (Å²) in [5.41, 5.74) is 0.990. The number of nitrogens with zero attached hydrogens (tertiary/aromatic N) is 4. The Morgan fingerprint density at radius 2 is 1.91 bits per heavy atom.